The van der Waals surface area contributed by atoms with Crippen molar-refractivity contribution >= 4 is 21.8 Å². The number of hydrogen-bond acceptors (Lipinski definition) is 4. The Balaban J connectivity index is 1.65. The summed E-state index contributed by atoms with van der Waals surface area (Å²) in [7, 11) is -2.94. The first-order chi connectivity index (χ1) is 14.6. The van der Waals surface area contributed by atoms with Gasteiger partial charge in [0.25, 0.3) is 0 Å². The van der Waals surface area contributed by atoms with Crippen molar-refractivity contribution in [3.05, 3.63) is 59.2 Å². The summed E-state index contributed by atoms with van der Waals surface area (Å²) in [6.07, 6.45) is -2.83. The Morgan fingerprint density at radius 2 is 1.87 bits per heavy atom. The van der Waals surface area contributed by atoms with Gasteiger partial charge in [-0.1, -0.05) is 18.2 Å². The monoisotopic (exact) mass is 454 g/mol. The molecule has 0 bridgehead atoms. The molecule has 1 aliphatic heterocycles. The molecule has 0 atom stereocenters. The molecule has 1 saturated carbocycles. The Hall–Kier alpha value is -2.75. The van der Waals surface area contributed by atoms with Crippen LogP contribution in [0.4, 0.5) is 18.9 Å². The van der Waals surface area contributed by atoms with Gasteiger partial charge in [0.1, 0.15) is 5.75 Å². The van der Waals surface area contributed by atoms with Crippen LogP contribution in [0.2, 0.25) is 0 Å². The van der Waals surface area contributed by atoms with Gasteiger partial charge in [-0.25, -0.2) is 4.72 Å². The topological polar surface area (TPSA) is 75.7 Å². The van der Waals surface area contributed by atoms with Crippen molar-refractivity contribution in [1.82, 2.24) is 4.72 Å². The van der Waals surface area contributed by atoms with E-state index in [1.54, 1.807) is 12.1 Å². The van der Waals surface area contributed by atoms with Crippen LogP contribution in [0.3, 0.4) is 0 Å². The predicted octanol–water partition coefficient (Wildman–Crippen LogP) is 3.56. The lowest BCUT2D eigenvalue weighted by molar-refractivity contribution is -0.137. The molecule has 31 heavy (non-hydrogen) atoms. The molecule has 2 aromatic carbocycles. The summed E-state index contributed by atoms with van der Waals surface area (Å²) in [5.74, 6) is -0.741. The van der Waals surface area contributed by atoms with E-state index in [2.05, 4.69) is 4.72 Å². The average molecular weight is 454 g/mol. The average Bonchev–Trinajstić information content (AvgIpc) is 3.54. The van der Waals surface area contributed by atoms with Crippen molar-refractivity contribution < 1.29 is 31.1 Å². The maximum Gasteiger partial charge on any atom is 0.416 e. The highest BCUT2D eigenvalue weighted by Gasteiger charge is 2.55. The van der Waals surface area contributed by atoms with Gasteiger partial charge in [-0.05, 0) is 55.5 Å². The normalized spacial score (nSPS) is 17.6. The highest BCUT2D eigenvalue weighted by Crippen LogP contribution is 2.52. The fourth-order valence-electron chi connectivity index (χ4n) is 4.02. The van der Waals surface area contributed by atoms with E-state index in [1.165, 1.54) is 7.11 Å². The highest BCUT2D eigenvalue weighted by atomic mass is 32.2. The SMILES string of the molecule is COc1ccc(C(F)(F)F)cc1C1(C(=O)NS(=O)(=O)N2CCCc3ccccc32)CC1. The van der Waals surface area contributed by atoms with Crippen molar-refractivity contribution in [2.75, 3.05) is 18.0 Å². The lowest BCUT2D eigenvalue weighted by Crippen LogP contribution is -2.48. The van der Waals surface area contributed by atoms with Crippen molar-refractivity contribution in [3.8, 4) is 5.75 Å². The third-order valence-corrected chi connectivity index (χ3v) is 7.21. The molecule has 1 fully saturated rings. The predicted molar refractivity (Wildman–Crippen MR) is 108 cm³/mol. The van der Waals surface area contributed by atoms with Crippen LogP contribution in [0.5, 0.6) is 5.75 Å². The van der Waals surface area contributed by atoms with E-state index >= 15 is 0 Å². The number of carbonyl (C=O) groups is 1. The van der Waals surface area contributed by atoms with Crippen LogP contribution in [0.1, 0.15) is 36.0 Å². The second-order valence-electron chi connectivity index (χ2n) is 7.74. The minimum atomic E-state index is -4.60. The fraction of sp³-hybridized carbons (Fsp3) is 0.381. The lowest BCUT2D eigenvalue weighted by Gasteiger charge is -2.31. The standard InChI is InChI=1S/C21H21F3N2O4S/c1-30-18-9-8-15(21(22,23)24)13-16(18)20(10-11-20)19(27)25-31(28,29)26-12-4-6-14-5-2-3-7-17(14)26/h2-3,5,7-9,13H,4,6,10-12H2,1H3,(H,25,27). The van der Waals surface area contributed by atoms with E-state index in [9.17, 15) is 26.4 Å². The number of anilines is 1. The summed E-state index contributed by atoms with van der Waals surface area (Å²) in [5, 5.41) is 0. The van der Waals surface area contributed by atoms with Crippen LogP contribution < -0.4 is 13.8 Å². The third-order valence-electron chi connectivity index (χ3n) is 5.81. The molecule has 0 spiro atoms. The summed E-state index contributed by atoms with van der Waals surface area (Å²) in [6.45, 7) is 0.208. The van der Waals surface area contributed by atoms with Crippen LogP contribution >= 0.6 is 0 Å². The van der Waals surface area contributed by atoms with Gasteiger partial charge in [-0.2, -0.15) is 21.6 Å². The molecule has 0 radical (unpaired) electrons. The molecule has 6 nitrogen and oxygen atoms in total. The molecule has 1 amide bonds. The first kappa shape index (κ1) is 21.5. The highest BCUT2D eigenvalue weighted by molar-refractivity contribution is 7.91. The summed E-state index contributed by atoms with van der Waals surface area (Å²) in [6, 6.07) is 9.92. The summed E-state index contributed by atoms with van der Waals surface area (Å²) in [4.78, 5) is 13.1. The van der Waals surface area contributed by atoms with Gasteiger partial charge in [0.15, 0.2) is 0 Å². The number of nitrogens with one attached hydrogen (secondary N) is 1. The van der Waals surface area contributed by atoms with Crippen LogP contribution in [0.15, 0.2) is 42.5 Å². The number of carbonyl (C=O) groups excluding carboxylic acids is 1. The minimum Gasteiger partial charge on any atom is -0.496 e. The van der Waals surface area contributed by atoms with Gasteiger partial charge < -0.3 is 4.74 Å². The molecular formula is C21H21F3N2O4S. The number of amides is 1. The molecule has 1 N–H and O–H groups in total. The van der Waals surface area contributed by atoms with E-state index in [4.69, 9.17) is 4.74 Å². The smallest absolute Gasteiger partial charge is 0.416 e. The van der Waals surface area contributed by atoms with Gasteiger partial charge in [-0.3, -0.25) is 9.10 Å². The molecule has 0 aromatic heterocycles. The molecular weight excluding hydrogens is 433 g/mol. The Bertz CT molecular complexity index is 1130. The van der Waals surface area contributed by atoms with Gasteiger partial charge >= 0.3 is 16.4 Å². The Kier molecular flexibility index (Phi) is 5.15. The van der Waals surface area contributed by atoms with Crippen LogP contribution in [0, 0.1) is 0 Å². The maximum absolute atomic E-state index is 13.2. The molecule has 10 heteroatoms. The lowest BCUT2D eigenvalue weighted by atomic mass is 9.92. The van der Waals surface area contributed by atoms with Crippen molar-refractivity contribution in [2.24, 2.45) is 0 Å². The molecule has 0 saturated heterocycles. The van der Waals surface area contributed by atoms with Crippen LogP contribution in [-0.4, -0.2) is 28.0 Å². The van der Waals surface area contributed by atoms with E-state index in [0.717, 1.165) is 34.5 Å². The number of benzene rings is 2. The Labute approximate surface area is 178 Å². The summed E-state index contributed by atoms with van der Waals surface area (Å²) >= 11 is 0. The Morgan fingerprint density at radius 3 is 2.52 bits per heavy atom. The second kappa shape index (κ2) is 7.44. The summed E-state index contributed by atoms with van der Waals surface area (Å²) in [5.41, 5.74) is -0.913. The molecule has 1 heterocycles. The molecule has 2 aromatic rings. The van der Waals surface area contributed by atoms with Gasteiger partial charge in [0, 0.05) is 12.1 Å². The number of nitrogens with zero attached hydrogens (tertiary/aromatic N) is 1. The number of methoxy groups -OCH3 is 1. The second-order valence-corrected chi connectivity index (χ2v) is 9.33. The number of aryl methyl sites for hydroxylation is 1. The molecule has 4 rings (SSSR count). The van der Waals surface area contributed by atoms with Crippen molar-refractivity contribution in [2.45, 2.75) is 37.3 Å². The zero-order valence-corrected chi connectivity index (χ0v) is 17.5. The third kappa shape index (κ3) is 3.84. The zero-order chi connectivity index (χ0) is 22.4. The zero-order valence-electron chi connectivity index (χ0n) is 16.7. The van der Waals surface area contributed by atoms with Crippen LogP contribution in [-0.2, 0) is 33.0 Å². The first-order valence-electron chi connectivity index (χ1n) is 9.77. The molecule has 2 aliphatic rings. The largest absolute Gasteiger partial charge is 0.496 e. The fourth-order valence-corrected chi connectivity index (χ4v) is 5.37. The maximum atomic E-state index is 13.2. The van der Waals surface area contributed by atoms with Crippen molar-refractivity contribution in [1.29, 1.82) is 0 Å². The number of para-hydroxylation sites is 1. The number of hydrogen-bond donors (Lipinski definition) is 1. The van der Waals surface area contributed by atoms with Crippen molar-refractivity contribution in [3.63, 3.8) is 0 Å². The molecule has 1 aliphatic carbocycles. The molecule has 166 valence electrons. The quantitative estimate of drug-likeness (QED) is 0.750. The number of rotatable bonds is 5. The first-order valence-corrected chi connectivity index (χ1v) is 11.2. The number of fused-ring (bicyclic) bond motifs is 1. The number of halogens is 3. The van der Waals surface area contributed by atoms with Gasteiger partial charge in [0.05, 0.1) is 23.8 Å². The minimum absolute atomic E-state index is 0.0385. The summed E-state index contributed by atoms with van der Waals surface area (Å²) < 4.78 is 74.1. The number of ether oxygens (including phenoxy) is 1. The molecule has 0 unspecified atom stereocenters. The van der Waals surface area contributed by atoms with Gasteiger partial charge in [-0.15, -0.1) is 0 Å². The van der Waals surface area contributed by atoms with E-state index in [0.29, 0.717) is 12.1 Å². The van der Waals surface area contributed by atoms with E-state index < -0.39 is 33.3 Å². The van der Waals surface area contributed by atoms with Crippen LogP contribution in [0.25, 0.3) is 0 Å². The Morgan fingerprint density at radius 1 is 1.16 bits per heavy atom. The van der Waals surface area contributed by atoms with Gasteiger partial charge in [0.2, 0.25) is 5.91 Å². The van der Waals surface area contributed by atoms with E-state index in [-0.39, 0.29) is 30.7 Å². The van der Waals surface area contributed by atoms with E-state index in [1.807, 2.05) is 12.1 Å². The number of alkyl halides is 3.